The molecule has 0 saturated heterocycles. The number of hydrogen-bond donors (Lipinski definition) is 0. The molecule has 4 rings (SSSR count). The smallest absolute Gasteiger partial charge is 0.0182 e. The van der Waals surface area contributed by atoms with Crippen LogP contribution in [0.1, 0.15) is 25.0 Å². The van der Waals surface area contributed by atoms with Crippen molar-refractivity contribution in [2.24, 2.45) is 0 Å². The quantitative estimate of drug-likeness (QED) is 0.276. The molecule has 0 aromatic heterocycles. The number of alkyl halides is 1. The zero-order valence-corrected chi connectivity index (χ0v) is 18.0. The van der Waals surface area contributed by atoms with Crippen LogP contribution >= 0.6 is 22.6 Å². The summed E-state index contributed by atoms with van der Waals surface area (Å²) in [6.45, 7) is 8.60. The third-order valence-electron chi connectivity index (χ3n) is 5.61. The van der Waals surface area contributed by atoms with Crippen molar-refractivity contribution in [1.82, 2.24) is 0 Å². The molecular weight excluding hydrogens is 439 g/mol. The molecule has 0 bridgehead atoms. The van der Waals surface area contributed by atoms with Gasteiger partial charge in [0.15, 0.2) is 0 Å². The van der Waals surface area contributed by atoms with Crippen LogP contribution in [-0.4, -0.2) is 4.43 Å². The maximum Gasteiger partial charge on any atom is 0.0182 e. The normalized spacial score (nSPS) is 18.2. The molecule has 0 amide bonds. The monoisotopic (exact) mass is 462 g/mol. The lowest BCUT2D eigenvalue weighted by Crippen LogP contribution is -2.15. The van der Waals surface area contributed by atoms with E-state index in [-0.39, 0.29) is 5.41 Å². The molecule has 0 saturated carbocycles. The van der Waals surface area contributed by atoms with E-state index in [1.54, 1.807) is 0 Å². The van der Waals surface area contributed by atoms with Crippen LogP contribution in [0.15, 0.2) is 91.0 Å². The molecule has 1 heteroatoms. The van der Waals surface area contributed by atoms with E-state index in [4.69, 9.17) is 0 Å². The van der Waals surface area contributed by atoms with Crippen molar-refractivity contribution < 1.29 is 0 Å². The van der Waals surface area contributed by atoms with Crippen molar-refractivity contribution in [2.45, 2.75) is 19.3 Å². The van der Waals surface area contributed by atoms with Crippen LogP contribution in [0.3, 0.4) is 0 Å². The molecule has 0 spiro atoms. The lowest BCUT2D eigenvalue weighted by Gasteiger charge is -2.22. The molecule has 134 valence electrons. The van der Waals surface area contributed by atoms with E-state index in [0.717, 1.165) is 4.43 Å². The summed E-state index contributed by atoms with van der Waals surface area (Å²) >= 11 is 2.43. The minimum absolute atomic E-state index is 0.00403. The van der Waals surface area contributed by atoms with E-state index >= 15 is 0 Å². The molecule has 0 heterocycles. The first-order valence-corrected chi connectivity index (χ1v) is 10.8. The Labute approximate surface area is 175 Å². The van der Waals surface area contributed by atoms with Crippen LogP contribution in [-0.2, 0) is 5.41 Å². The van der Waals surface area contributed by atoms with Crippen LogP contribution in [0.5, 0.6) is 0 Å². The van der Waals surface area contributed by atoms with Crippen molar-refractivity contribution in [3.8, 4) is 11.1 Å². The second-order valence-corrected chi connectivity index (χ2v) is 8.38. The maximum absolute atomic E-state index is 3.93. The van der Waals surface area contributed by atoms with Crippen molar-refractivity contribution >= 4 is 38.9 Å². The number of benzene rings is 3. The van der Waals surface area contributed by atoms with Gasteiger partial charge in [-0.3, -0.25) is 0 Å². The molecule has 0 radical (unpaired) electrons. The van der Waals surface area contributed by atoms with Crippen LogP contribution in [0.25, 0.3) is 27.5 Å². The zero-order valence-electron chi connectivity index (χ0n) is 15.8. The number of hydrogen-bond acceptors (Lipinski definition) is 0. The van der Waals surface area contributed by atoms with E-state index in [2.05, 4.69) is 116 Å². The molecule has 0 atom stereocenters. The summed E-state index contributed by atoms with van der Waals surface area (Å²) in [5.74, 6) is 0. The molecule has 0 nitrogen and oxygen atoms in total. The molecule has 1 aliphatic carbocycles. The fourth-order valence-electron chi connectivity index (χ4n) is 4.31. The van der Waals surface area contributed by atoms with Crippen molar-refractivity contribution in [3.63, 3.8) is 0 Å². The van der Waals surface area contributed by atoms with E-state index in [1.165, 1.54) is 44.2 Å². The Bertz CT molecular complexity index is 1090. The summed E-state index contributed by atoms with van der Waals surface area (Å²) in [5.41, 5.74) is 8.03. The minimum Gasteiger partial charge on any atom is -0.0990 e. The Hall–Kier alpha value is -2.13. The highest BCUT2D eigenvalue weighted by Gasteiger charge is 2.37. The summed E-state index contributed by atoms with van der Waals surface area (Å²) in [7, 11) is 0. The van der Waals surface area contributed by atoms with Crippen molar-refractivity contribution in [3.05, 3.63) is 102 Å². The highest BCUT2D eigenvalue weighted by molar-refractivity contribution is 14.1. The van der Waals surface area contributed by atoms with Gasteiger partial charge in [-0.15, -0.1) is 0 Å². The fourth-order valence-corrected chi connectivity index (χ4v) is 4.75. The Morgan fingerprint density at radius 1 is 0.963 bits per heavy atom. The van der Waals surface area contributed by atoms with Crippen LogP contribution in [0.2, 0.25) is 0 Å². The molecule has 1 aliphatic rings. The van der Waals surface area contributed by atoms with Gasteiger partial charge >= 0.3 is 0 Å². The topological polar surface area (TPSA) is 0 Å². The molecule has 3 aromatic rings. The molecule has 3 aromatic carbocycles. The number of rotatable bonds is 3. The summed E-state index contributed by atoms with van der Waals surface area (Å²) in [6, 6.07) is 22.1. The van der Waals surface area contributed by atoms with Gasteiger partial charge < -0.3 is 0 Å². The van der Waals surface area contributed by atoms with Gasteiger partial charge in [0.1, 0.15) is 0 Å². The second kappa shape index (κ2) is 7.12. The average Bonchev–Trinajstić information content (AvgIpc) is 2.89. The van der Waals surface area contributed by atoms with Gasteiger partial charge in [-0.05, 0) is 50.2 Å². The first-order valence-electron chi connectivity index (χ1n) is 9.30. The van der Waals surface area contributed by atoms with Gasteiger partial charge in [0, 0.05) is 9.84 Å². The Balaban J connectivity index is 1.95. The lowest BCUT2D eigenvalue weighted by molar-refractivity contribution is 0.660. The third-order valence-corrected chi connectivity index (χ3v) is 6.05. The highest BCUT2D eigenvalue weighted by Crippen LogP contribution is 2.50. The lowest BCUT2D eigenvalue weighted by atomic mass is 9.81. The molecule has 0 fully saturated rings. The van der Waals surface area contributed by atoms with Gasteiger partial charge in [-0.1, -0.05) is 116 Å². The number of halogens is 1. The number of fused-ring (bicyclic) bond motifs is 2. The largest absolute Gasteiger partial charge is 0.0990 e. The standard InChI is InChI=1S/C26H23I/c1-4-8-22-23-14-13-19(17-25(23)26(2,3)24(22)15-16-27)21-12-7-10-18-9-5-6-11-20(18)21/h4-15,17H,1,16H2,2-3H3/b22-8?,24-15+. The summed E-state index contributed by atoms with van der Waals surface area (Å²) < 4.78 is 1.01. The van der Waals surface area contributed by atoms with Gasteiger partial charge in [0.05, 0.1) is 0 Å². The first-order chi connectivity index (χ1) is 13.1. The molecule has 0 N–H and O–H groups in total. The van der Waals surface area contributed by atoms with Crippen LogP contribution < -0.4 is 0 Å². The number of allylic oxidation sites excluding steroid dienone is 5. The Morgan fingerprint density at radius 2 is 1.74 bits per heavy atom. The van der Waals surface area contributed by atoms with E-state index in [1.807, 2.05) is 6.08 Å². The van der Waals surface area contributed by atoms with Crippen molar-refractivity contribution in [2.75, 3.05) is 4.43 Å². The summed E-state index contributed by atoms with van der Waals surface area (Å²) in [6.07, 6.45) is 6.41. The third kappa shape index (κ3) is 2.98. The predicted molar refractivity (Wildman–Crippen MR) is 128 cm³/mol. The fraction of sp³-hybridized carbons (Fsp3) is 0.154. The van der Waals surface area contributed by atoms with Crippen molar-refractivity contribution in [1.29, 1.82) is 0 Å². The van der Waals surface area contributed by atoms with Gasteiger partial charge in [-0.2, -0.15) is 0 Å². The minimum atomic E-state index is -0.00403. The second-order valence-electron chi connectivity index (χ2n) is 7.50. The molecular formula is C26H23I. The summed E-state index contributed by atoms with van der Waals surface area (Å²) in [4.78, 5) is 0. The van der Waals surface area contributed by atoms with Gasteiger partial charge in [0.25, 0.3) is 0 Å². The van der Waals surface area contributed by atoms with Gasteiger partial charge in [-0.25, -0.2) is 0 Å². The van der Waals surface area contributed by atoms with Crippen LogP contribution in [0.4, 0.5) is 0 Å². The van der Waals surface area contributed by atoms with Crippen LogP contribution in [0, 0.1) is 0 Å². The zero-order chi connectivity index (χ0) is 19.0. The Kier molecular flexibility index (Phi) is 4.81. The predicted octanol–water partition coefficient (Wildman–Crippen LogP) is 7.73. The Morgan fingerprint density at radius 3 is 2.52 bits per heavy atom. The average molecular weight is 462 g/mol. The molecule has 0 aliphatic heterocycles. The maximum atomic E-state index is 3.93. The summed E-state index contributed by atoms with van der Waals surface area (Å²) in [5, 5.41) is 2.59. The SMILES string of the molecule is C=CC=C1/C(=C\CI)C(C)(C)c2cc(-c3cccc4ccccc34)ccc21. The highest BCUT2D eigenvalue weighted by atomic mass is 127. The first kappa shape index (κ1) is 18.2. The van der Waals surface area contributed by atoms with E-state index in [0.29, 0.717) is 0 Å². The molecule has 27 heavy (non-hydrogen) atoms. The van der Waals surface area contributed by atoms with E-state index in [9.17, 15) is 0 Å². The van der Waals surface area contributed by atoms with Gasteiger partial charge in [0.2, 0.25) is 0 Å². The van der Waals surface area contributed by atoms with E-state index < -0.39 is 0 Å². The molecule has 0 unspecified atom stereocenters.